The second-order valence-corrected chi connectivity index (χ2v) is 7.65. The number of ether oxygens (including phenoxy) is 1. The molecule has 5 nitrogen and oxygen atoms in total. The Labute approximate surface area is 161 Å². The van der Waals surface area contributed by atoms with Crippen molar-refractivity contribution in [2.75, 3.05) is 6.61 Å². The minimum atomic E-state index is -0.926. The second-order valence-electron chi connectivity index (χ2n) is 7.65. The maximum absolute atomic E-state index is 13.5. The Bertz CT molecular complexity index is 906. The molecule has 0 bridgehead atoms. The fourth-order valence-electron chi connectivity index (χ4n) is 4.25. The average molecular weight is 386 g/mol. The zero-order valence-corrected chi connectivity index (χ0v) is 15.3. The molecule has 1 saturated carbocycles. The molecule has 2 N–H and O–H groups in total. The first kappa shape index (κ1) is 18.6. The standard InChI is InChI=1S/C21H20F2N2O3/c1-13(14-7-16(22)9-17(23)8-14)28-12-20(15-5-3-2-4-6-15)10-21(11-20)18(26)24-19(27)25-21/h2-9,13H,10-12H2,1H3,(H2,24,25,26,27). The third kappa shape index (κ3) is 3.16. The molecule has 1 atom stereocenters. The maximum atomic E-state index is 13.5. The summed E-state index contributed by atoms with van der Waals surface area (Å²) >= 11 is 0. The number of carbonyl (C=O) groups is 2. The lowest BCUT2D eigenvalue weighted by molar-refractivity contribution is -0.132. The number of nitrogens with one attached hydrogen (secondary N) is 2. The number of amides is 3. The summed E-state index contributed by atoms with van der Waals surface area (Å²) in [6, 6.07) is 12.4. The van der Waals surface area contributed by atoms with E-state index in [9.17, 15) is 18.4 Å². The van der Waals surface area contributed by atoms with Crippen molar-refractivity contribution in [3.63, 3.8) is 0 Å². The molecule has 2 fully saturated rings. The monoisotopic (exact) mass is 386 g/mol. The number of hydrogen-bond acceptors (Lipinski definition) is 3. The van der Waals surface area contributed by atoms with E-state index < -0.39 is 34.7 Å². The molecule has 146 valence electrons. The van der Waals surface area contributed by atoms with Gasteiger partial charge in [-0.25, -0.2) is 13.6 Å². The average Bonchev–Trinajstić information content (AvgIpc) is 2.92. The van der Waals surface area contributed by atoms with Crippen LogP contribution in [0, 0.1) is 11.6 Å². The van der Waals surface area contributed by atoms with Gasteiger partial charge in [0.2, 0.25) is 0 Å². The molecule has 2 aromatic rings. The van der Waals surface area contributed by atoms with Crippen molar-refractivity contribution in [1.29, 1.82) is 0 Å². The minimum Gasteiger partial charge on any atom is -0.373 e. The smallest absolute Gasteiger partial charge is 0.322 e. The van der Waals surface area contributed by atoms with Gasteiger partial charge in [-0.2, -0.15) is 0 Å². The van der Waals surface area contributed by atoms with Gasteiger partial charge in [-0.1, -0.05) is 30.3 Å². The molecule has 1 aliphatic heterocycles. The van der Waals surface area contributed by atoms with Gasteiger partial charge in [-0.15, -0.1) is 0 Å². The molecule has 1 unspecified atom stereocenters. The molecule has 7 heteroatoms. The summed E-state index contributed by atoms with van der Waals surface area (Å²) in [6.45, 7) is 1.98. The summed E-state index contributed by atoms with van der Waals surface area (Å²) in [6.07, 6.45) is 0.256. The fourth-order valence-corrected chi connectivity index (χ4v) is 4.25. The summed E-state index contributed by atoms with van der Waals surface area (Å²) < 4.78 is 33.0. The van der Waals surface area contributed by atoms with E-state index in [-0.39, 0.29) is 12.5 Å². The van der Waals surface area contributed by atoms with Crippen LogP contribution in [0.4, 0.5) is 13.6 Å². The highest BCUT2D eigenvalue weighted by Crippen LogP contribution is 2.52. The highest BCUT2D eigenvalue weighted by atomic mass is 19.1. The van der Waals surface area contributed by atoms with Crippen molar-refractivity contribution in [2.45, 2.75) is 36.8 Å². The molecule has 0 radical (unpaired) electrons. The Morgan fingerprint density at radius 1 is 1.07 bits per heavy atom. The maximum Gasteiger partial charge on any atom is 0.322 e. The highest BCUT2D eigenvalue weighted by molar-refractivity contribution is 6.08. The van der Waals surface area contributed by atoms with E-state index in [1.54, 1.807) is 6.92 Å². The van der Waals surface area contributed by atoms with E-state index in [0.29, 0.717) is 18.4 Å². The van der Waals surface area contributed by atoms with Crippen LogP contribution in [0.1, 0.15) is 37.0 Å². The van der Waals surface area contributed by atoms with Crippen molar-refractivity contribution >= 4 is 11.9 Å². The van der Waals surface area contributed by atoms with E-state index in [0.717, 1.165) is 11.6 Å². The Kier molecular flexibility index (Phi) is 4.42. The predicted molar refractivity (Wildman–Crippen MR) is 97.5 cm³/mol. The molecule has 0 aromatic heterocycles. The van der Waals surface area contributed by atoms with E-state index in [1.807, 2.05) is 30.3 Å². The van der Waals surface area contributed by atoms with Gasteiger partial charge in [-0.05, 0) is 43.0 Å². The lowest BCUT2D eigenvalue weighted by Crippen LogP contribution is -2.65. The molecular formula is C21H20F2N2O3. The Morgan fingerprint density at radius 3 is 2.29 bits per heavy atom. The number of rotatable bonds is 5. The molecule has 1 aliphatic carbocycles. The van der Waals surface area contributed by atoms with Gasteiger partial charge in [0, 0.05) is 11.5 Å². The molecule has 4 rings (SSSR count). The SMILES string of the molecule is CC(OCC1(c2ccccc2)CC2(C1)NC(=O)NC2=O)c1cc(F)cc(F)c1. The summed E-state index contributed by atoms with van der Waals surface area (Å²) in [5.41, 5.74) is -0.00486. The Balaban J connectivity index is 1.55. The molecular weight excluding hydrogens is 366 g/mol. The van der Waals surface area contributed by atoms with Crippen LogP contribution in [0.15, 0.2) is 48.5 Å². The number of urea groups is 1. The summed E-state index contributed by atoms with van der Waals surface area (Å²) in [4.78, 5) is 23.8. The number of benzene rings is 2. The number of halogens is 2. The Hall–Kier alpha value is -2.80. The summed E-state index contributed by atoms with van der Waals surface area (Å²) in [5, 5.41) is 5.01. The predicted octanol–water partition coefficient (Wildman–Crippen LogP) is 3.35. The van der Waals surface area contributed by atoms with Gasteiger partial charge in [0.15, 0.2) is 0 Å². The van der Waals surface area contributed by atoms with E-state index >= 15 is 0 Å². The molecule has 2 aliphatic rings. The third-order valence-corrected chi connectivity index (χ3v) is 5.64. The topological polar surface area (TPSA) is 67.4 Å². The van der Waals surface area contributed by atoms with Crippen molar-refractivity contribution in [3.05, 3.63) is 71.3 Å². The number of carbonyl (C=O) groups excluding carboxylic acids is 2. The van der Waals surface area contributed by atoms with E-state index in [1.165, 1.54) is 12.1 Å². The molecule has 1 heterocycles. The zero-order valence-electron chi connectivity index (χ0n) is 15.3. The fraction of sp³-hybridized carbons (Fsp3) is 0.333. The van der Waals surface area contributed by atoms with Gasteiger partial charge in [0.25, 0.3) is 5.91 Å². The van der Waals surface area contributed by atoms with Crippen LogP contribution < -0.4 is 10.6 Å². The van der Waals surface area contributed by atoms with Gasteiger partial charge >= 0.3 is 6.03 Å². The van der Waals surface area contributed by atoms with Crippen LogP contribution in [0.5, 0.6) is 0 Å². The molecule has 1 spiro atoms. The first-order chi connectivity index (χ1) is 13.3. The van der Waals surface area contributed by atoms with Gasteiger partial charge in [0.1, 0.15) is 17.2 Å². The summed E-state index contributed by atoms with van der Waals surface area (Å²) in [7, 11) is 0. The second kappa shape index (κ2) is 6.67. The number of hydrogen-bond donors (Lipinski definition) is 2. The molecule has 28 heavy (non-hydrogen) atoms. The molecule has 2 aromatic carbocycles. The van der Waals surface area contributed by atoms with Crippen molar-refractivity contribution < 1.29 is 23.1 Å². The first-order valence-corrected chi connectivity index (χ1v) is 9.09. The normalized spacial score (nSPS) is 27.2. The van der Waals surface area contributed by atoms with E-state index in [2.05, 4.69) is 10.6 Å². The quantitative estimate of drug-likeness (QED) is 0.775. The van der Waals surface area contributed by atoms with Crippen LogP contribution in [0.3, 0.4) is 0 Å². The highest BCUT2D eigenvalue weighted by Gasteiger charge is 2.63. The van der Waals surface area contributed by atoms with Crippen molar-refractivity contribution in [1.82, 2.24) is 10.6 Å². The van der Waals surface area contributed by atoms with Crippen LogP contribution in [0.25, 0.3) is 0 Å². The van der Waals surface area contributed by atoms with Crippen molar-refractivity contribution in [3.8, 4) is 0 Å². The Morgan fingerprint density at radius 2 is 1.71 bits per heavy atom. The van der Waals surface area contributed by atoms with Crippen LogP contribution in [0.2, 0.25) is 0 Å². The zero-order chi connectivity index (χ0) is 19.9. The van der Waals surface area contributed by atoms with Crippen molar-refractivity contribution in [2.24, 2.45) is 0 Å². The number of imide groups is 1. The lowest BCUT2D eigenvalue weighted by atomic mass is 9.54. The van der Waals surface area contributed by atoms with E-state index in [4.69, 9.17) is 4.74 Å². The van der Waals surface area contributed by atoms with Crippen LogP contribution >= 0.6 is 0 Å². The molecule has 1 saturated heterocycles. The van der Waals surface area contributed by atoms with Crippen LogP contribution in [-0.2, 0) is 14.9 Å². The first-order valence-electron chi connectivity index (χ1n) is 9.09. The van der Waals surface area contributed by atoms with Gasteiger partial charge in [0.05, 0.1) is 12.7 Å². The summed E-state index contributed by atoms with van der Waals surface area (Å²) in [5.74, 6) is -1.64. The molecule has 3 amide bonds. The van der Waals surface area contributed by atoms with Crippen LogP contribution in [-0.4, -0.2) is 24.1 Å². The largest absolute Gasteiger partial charge is 0.373 e. The lowest BCUT2D eigenvalue weighted by Gasteiger charge is -2.53. The third-order valence-electron chi connectivity index (χ3n) is 5.64. The van der Waals surface area contributed by atoms with Gasteiger partial charge < -0.3 is 10.1 Å². The minimum absolute atomic E-state index is 0.251. The van der Waals surface area contributed by atoms with Gasteiger partial charge in [-0.3, -0.25) is 10.1 Å².